The summed E-state index contributed by atoms with van der Waals surface area (Å²) in [4.78, 5) is 3.34. The smallest absolute Gasteiger partial charge is 0.112 e. The molecule has 1 aliphatic rings. The Labute approximate surface area is 77.0 Å². The lowest BCUT2D eigenvalue weighted by Crippen LogP contribution is -2.20. The van der Waals surface area contributed by atoms with E-state index in [1.54, 1.807) is 0 Å². The zero-order valence-corrected chi connectivity index (χ0v) is 7.22. The second-order valence-electron chi connectivity index (χ2n) is 3.33. The molecule has 2 N–H and O–H groups in total. The van der Waals surface area contributed by atoms with E-state index < -0.39 is 0 Å². The summed E-state index contributed by atoms with van der Waals surface area (Å²) in [7, 11) is 0. The van der Waals surface area contributed by atoms with Gasteiger partial charge in [0.15, 0.2) is 0 Å². The number of rotatable bonds is 0. The van der Waals surface area contributed by atoms with E-state index in [2.05, 4.69) is 41.1 Å². The number of H-pyrrole nitrogens is 1. The predicted octanol–water partition coefficient (Wildman–Crippen LogP) is 1.70. The molecule has 0 saturated heterocycles. The van der Waals surface area contributed by atoms with Gasteiger partial charge in [-0.2, -0.15) is 0 Å². The molecule has 0 amide bonds. The molecule has 0 saturated carbocycles. The lowest BCUT2D eigenvalue weighted by molar-refractivity contribution is 0.750. The van der Waals surface area contributed by atoms with Gasteiger partial charge in [-0.05, 0) is 18.1 Å². The monoisotopic (exact) mass is 170 g/mol. The van der Waals surface area contributed by atoms with Crippen LogP contribution in [0.4, 0.5) is 0 Å². The molecule has 2 heteroatoms. The van der Waals surface area contributed by atoms with Crippen LogP contribution >= 0.6 is 0 Å². The number of nitrogens with one attached hydrogen (secondary N) is 2. The molecular weight excluding hydrogens is 160 g/mol. The van der Waals surface area contributed by atoms with Gasteiger partial charge in [0, 0.05) is 23.1 Å². The first-order valence-electron chi connectivity index (χ1n) is 4.53. The van der Waals surface area contributed by atoms with E-state index in [0.717, 1.165) is 18.7 Å². The van der Waals surface area contributed by atoms with E-state index in [9.17, 15) is 0 Å². The second-order valence-corrected chi connectivity index (χ2v) is 3.33. The Bertz CT molecular complexity index is 442. The highest BCUT2D eigenvalue weighted by Crippen LogP contribution is 2.24. The summed E-state index contributed by atoms with van der Waals surface area (Å²) in [5.74, 6) is 0. The van der Waals surface area contributed by atoms with Crippen molar-refractivity contribution in [2.24, 2.45) is 0 Å². The van der Waals surface area contributed by atoms with Crippen LogP contribution in [0.5, 0.6) is 0 Å². The normalized spacial score (nSPS) is 16.0. The van der Waals surface area contributed by atoms with Gasteiger partial charge in [0.1, 0.15) is 6.54 Å². The highest BCUT2D eigenvalue weighted by molar-refractivity contribution is 5.85. The molecule has 2 radical (unpaired) electrons. The summed E-state index contributed by atoms with van der Waals surface area (Å²) in [5.41, 5.74) is 3.73. The maximum atomic E-state index is 3.34. The highest BCUT2D eigenvalue weighted by atomic mass is 14.9. The van der Waals surface area contributed by atoms with Crippen molar-refractivity contribution < 1.29 is 0 Å². The third-order valence-corrected chi connectivity index (χ3v) is 2.53. The highest BCUT2D eigenvalue weighted by Gasteiger charge is 2.14. The van der Waals surface area contributed by atoms with Crippen LogP contribution in [-0.2, 0) is 6.42 Å². The van der Waals surface area contributed by atoms with Crippen LogP contribution in [0.3, 0.4) is 0 Å². The fourth-order valence-corrected chi connectivity index (χ4v) is 1.90. The Morgan fingerprint density at radius 2 is 2.15 bits per heavy atom. The largest absolute Gasteiger partial charge is 0.356 e. The maximum Gasteiger partial charge on any atom is 0.112 e. The number of para-hydroxylation sites is 1. The summed E-state index contributed by atoms with van der Waals surface area (Å²) >= 11 is 0. The van der Waals surface area contributed by atoms with Gasteiger partial charge >= 0.3 is 0 Å². The van der Waals surface area contributed by atoms with Gasteiger partial charge < -0.3 is 10.3 Å². The summed E-state index contributed by atoms with van der Waals surface area (Å²) in [5, 5.41) is 4.46. The molecule has 1 aliphatic heterocycles. The van der Waals surface area contributed by atoms with Crippen LogP contribution in [0.25, 0.3) is 10.9 Å². The fraction of sp³-hybridized carbons (Fsp3) is 0.182. The standard InChI is InChI=1S/C11H10N2/c1-2-4-10-8(3-1)9-5-6-12-7-11(9)13-10/h1-4,12-13H,5-6H2. The van der Waals surface area contributed by atoms with Crippen LogP contribution in [0.1, 0.15) is 11.3 Å². The van der Waals surface area contributed by atoms with Crippen LogP contribution in [-0.4, -0.2) is 11.5 Å². The third kappa shape index (κ3) is 0.988. The number of benzene rings is 1. The second kappa shape index (κ2) is 2.60. The van der Waals surface area contributed by atoms with E-state index in [1.165, 1.54) is 16.5 Å². The SMILES string of the molecule is [C]1NCCc2c1[nH]c1ccccc21. The van der Waals surface area contributed by atoms with Gasteiger partial charge in [-0.1, -0.05) is 18.2 Å². The number of aromatic amines is 1. The molecule has 2 aromatic rings. The minimum atomic E-state index is 0.995. The first-order valence-corrected chi connectivity index (χ1v) is 4.53. The first kappa shape index (κ1) is 7.15. The lowest BCUT2D eigenvalue weighted by atomic mass is 10.1. The third-order valence-electron chi connectivity index (χ3n) is 2.53. The van der Waals surface area contributed by atoms with Crippen molar-refractivity contribution in [2.45, 2.75) is 6.42 Å². The van der Waals surface area contributed by atoms with Crippen molar-refractivity contribution >= 4 is 10.9 Å². The average molecular weight is 170 g/mol. The zero-order chi connectivity index (χ0) is 8.67. The molecule has 0 spiro atoms. The van der Waals surface area contributed by atoms with Gasteiger partial charge in [-0.3, -0.25) is 0 Å². The Hall–Kier alpha value is -1.28. The molecule has 1 aromatic carbocycles. The van der Waals surface area contributed by atoms with Crippen LogP contribution in [0.2, 0.25) is 0 Å². The average Bonchev–Trinajstić information content (AvgIpc) is 2.56. The molecular formula is C11H10N2. The van der Waals surface area contributed by atoms with Crippen molar-refractivity contribution in [1.82, 2.24) is 10.3 Å². The van der Waals surface area contributed by atoms with Crippen LogP contribution < -0.4 is 5.32 Å². The molecule has 0 aliphatic carbocycles. The molecule has 64 valence electrons. The predicted molar refractivity (Wildman–Crippen MR) is 52.4 cm³/mol. The van der Waals surface area contributed by atoms with E-state index >= 15 is 0 Å². The van der Waals surface area contributed by atoms with Crippen molar-refractivity contribution in [3.8, 4) is 0 Å². The maximum absolute atomic E-state index is 3.34. The van der Waals surface area contributed by atoms with Gasteiger partial charge in [0.05, 0.1) is 0 Å². The summed E-state index contributed by atoms with van der Waals surface area (Å²) in [6, 6.07) is 8.41. The minimum absolute atomic E-state index is 0.995. The zero-order valence-electron chi connectivity index (χ0n) is 7.22. The van der Waals surface area contributed by atoms with Gasteiger partial charge in [0.25, 0.3) is 0 Å². The Balaban J connectivity index is 2.34. The minimum Gasteiger partial charge on any atom is -0.356 e. The molecule has 0 bridgehead atoms. The van der Waals surface area contributed by atoms with E-state index in [-0.39, 0.29) is 0 Å². The number of hydrogen-bond acceptors (Lipinski definition) is 1. The van der Waals surface area contributed by atoms with Crippen molar-refractivity contribution in [1.29, 1.82) is 0 Å². The quantitative estimate of drug-likeness (QED) is 0.618. The molecule has 3 rings (SSSR count). The van der Waals surface area contributed by atoms with Crippen LogP contribution in [0, 0.1) is 6.54 Å². The number of hydrogen-bond donors (Lipinski definition) is 2. The van der Waals surface area contributed by atoms with Crippen molar-refractivity contribution in [3.05, 3.63) is 42.1 Å². The molecule has 0 atom stereocenters. The van der Waals surface area contributed by atoms with Gasteiger partial charge in [-0.15, -0.1) is 0 Å². The molecule has 0 fully saturated rings. The van der Waals surface area contributed by atoms with E-state index in [1.807, 2.05) is 0 Å². The molecule has 2 heterocycles. The first-order chi connectivity index (χ1) is 6.45. The fourth-order valence-electron chi connectivity index (χ4n) is 1.90. The van der Waals surface area contributed by atoms with Crippen molar-refractivity contribution in [3.63, 3.8) is 0 Å². The van der Waals surface area contributed by atoms with E-state index in [0.29, 0.717) is 0 Å². The Kier molecular flexibility index (Phi) is 1.43. The van der Waals surface area contributed by atoms with Gasteiger partial charge in [-0.25, -0.2) is 0 Å². The molecule has 1 aromatic heterocycles. The van der Waals surface area contributed by atoms with E-state index in [4.69, 9.17) is 0 Å². The molecule has 0 unspecified atom stereocenters. The number of aromatic nitrogens is 1. The Morgan fingerprint density at radius 1 is 1.23 bits per heavy atom. The summed E-state index contributed by atoms with van der Waals surface area (Å²) in [6.45, 7) is 4.14. The summed E-state index contributed by atoms with van der Waals surface area (Å²) in [6.07, 6.45) is 1.09. The molecule has 13 heavy (non-hydrogen) atoms. The lowest BCUT2D eigenvalue weighted by Gasteiger charge is -2.10. The number of fused-ring (bicyclic) bond motifs is 3. The topological polar surface area (TPSA) is 27.8 Å². The van der Waals surface area contributed by atoms with Crippen LogP contribution in [0.15, 0.2) is 24.3 Å². The van der Waals surface area contributed by atoms with Crippen molar-refractivity contribution in [2.75, 3.05) is 6.54 Å². The van der Waals surface area contributed by atoms with Gasteiger partial charge in [0.2, 0.25) is 0 Å². The summed E-state index contributed by atoms with van der Waals surface area (Å²) < 4.78 is 0. The molecule has 2 nitrogen and oxygen atoms in total. The Morgan fingerprint density at radius 3 is 3.15 bits per heavy atom.